The van der Waals surface area contributed by atoms with Gasteiger partial charge in [-0.2, -0.15) is 0 Å². The highest BCUT2D eigenvalue weighted by molar-refractivity contribution is 4.82. The van der Waals surface area contributed by atoms with Crippen molar-refractivity contribution in [2.24, 2.45) is 11.8 Å². The lowest BCUT2D eigenvalue weighted by Crippen LogP contribution is -2.53. The molecule has 1 N–H and O–H groups in total. The van der Waals surface area contributed by atoms with Crippen LogP contribution >= 0.6 is 0 Å². The molecule has 0 aromatic carbocycles. The van der Waals surface area contributed by atoms with Crippen LogP contribution < -0.4 is 5.32 Å². The second kappa shape index (κ2) is 7.49. The first-order valence-electron chi connectivity index (χ1n) is 8.25. The average Bonchev–Trinajstić information content (AvgIpc) is 2.45. The molecule has 0 aromatic heterocycles. The molecule has 2 unspecified atom stereocenters. The van der Waals surface area contributed by atoms with E-state index in [1.165, 1.54) is 71.1 Å². The topological polar surface area (TPSA) is 15.3 Å². The Morgan fingerprint density at radius 2 is 2.00 bits per heavy atom. The number of hydrogen-bond acceptors (Lipinski definition) is 2. The van der Waals surface area contributed by atoms with Gasteiger partial charge in [-0.25, -0.2) is 0 Å². The van der Waals surface area contributed by atoms with Gasteiger partial charge in [0.15, 0.2) is 0 Å². The summed E-state index contributed by atoms with van der Waals surface area (Å²) in [5, 5.41) is 3.70. The van der Waals surface area contributed by atoms with Gasteiger partial charge in [0.05, 0.1) is 0 Å². The van der Waals surface area contributed by atoms with Crippen molar-refractivity contribution in [3.05, 3.63) is 0 Å². The molecule has 2 fully saturated rings. The van der Waals surface area contributed by atoms with E-state index in [0.717, 1.165) is 17.9 Å². The largest absolute Gasteiger partial charge is 0.311 e. The molecule has 1 heterocycles. The van der Waals surface area contributed by atoms with E-state index in [-0.39, 0.29) is 0 Å². The number of rotatable bonds is 5. The molecule has 0 aromatic rings. The van der Waals surface area contributed by atoms with Crippen LogP contribution in [0.1, 0.15) is 58.8 Å². The highest BCUT2D eigenvalue weighted by Crippen LogP contribution is 2.26. The summed E-state index contributed by atoms with van der Waals surface area (Å²) in [6.07, 6.45) is 10.2. The van der Waals surface area contributed by atoms with E-state index in [0.29, 0.717) is 0 Å². The SMILES string of the molecule is CCC(C)C1CN(CCC2CCCCC2)CCN1. The quantitative estimate of drug-likeness (QED) is 0.808. The van der Waals surface area contributed by atoms with Gasteiger partial charge in [-0.3, -0.25) is 0 Å². The highest BCUT2D eigenvalue weighted by atomic mass is 15.2. The lowest BCUT2D eigenvalue weighted by atomic mass is 9.87. The molecule has 0 bridgehead atoms. The highest BCUT2D eigenvalue weighted by Gasteiger charge is 2.23. The first-order valence-corrected chi connectivity index (χ1v) is 8.25. The molecule has 1 aliphatic carbocycles. The van der Waals surface area contributed by atoms with Gasteiger partial charge >= 0.3 is 0 Å². The van der Waals surface area contributed by atoms with Crippen molar-refractivity contribution in [2.75, 3.05) is 26.2 Å². The Labute approximate surface area is 114 Å². The summed E-state index contributed by atoms with van der Waals surface area (Å²) >= 11 is 0. The molecule has 106 valence electrons. The van der Waals surface area contributed by atoms with Crippen LogP contribution in [0, 0.1) is 11.8 Å². The Bertz CT molecular complexity index is 223. The summed E-state index contributed by atoms with van der Waals surface area (Å²) in [6.45, 7) is 9.79. The van der Waals surface area contributed by atoms with E-state index >= 15 is 0 Å². The van der Waals surface area contributed by atoms with Gasteiger partial charge in [0.2, 0.25) is 0 Å². The van der Waals surface area contributed by atoms with Crippen molar-refractivity contribution in [3.8, 4) is 0 Å². The van der Waals surface area contributed by atoms with Crippen LogP contribution in [-0.2, 0) is 0 Å². The van der Waals surface area contributed by atoms with Gasteiger partial charge in [0.25, 0.3) is 0 Å². The molecule has 2 heteroatoms. The average molecular weight is 252 g/mol. The molecule has 1 saturated carbocycles. The summed E-state index contributed by atoms with van der Waals surface area (Å²) < 4.78 is 0. The molecule has 2 rings (SSSR count). The summed E-state index contributed by atoms with van der Waals surface area (Å²) in [5.74, 6) is 1.86. The Morgan fingerprint density at radius 3 is 2.72 bits per heavy atom. The van der Waals surface area contributed by atoms with E-state index in [4.69, 9.17) is 0 Å². The lowest BCUT2D eigenvalue weighted by molar-refractivity contribution is 0.155. The monoisotopic (exact) mass is 252 g/mol. The van der Waals surface area contributed by atoms with Crippen LogP contribution in [0.5, 0.6) is 0 Å². The zero-order valence-electron chi connectivity index (χ0n) is 12.5. The summed E-state index contributed by atoms with van der Waals surface area (Å²) in [5.41, 5.74) is 0. The smallest absolute Gasteiger partial charge is 0.0221 e. The van der Waals surface area contributed by atoms with Crippen molar-refractivity contribution >= 4 is 0 Å². The van der Waals surface area contributed by atoms with Crippen LogP contribution in [-0.4, -0.2) is 37.1 Å². The molecule has 0 radical (unpaired) electrons. The molecule has 2 nitrogen and oxygen atoms in total. The number of nitrogens with one attached hydrogen (secondary N) is 1. The van der Waals surface area contributed by atoms with E-state index in [1.54, 1.807) is 0 Å². The number of piperazine rings is 1. The Hall–Kier alpha value is -0.0800. The second-order valence-corrected chi connectivity index (χ2v) is 6.54. The molecule has 0 spiro atoms. The zero-order chi connectivity index (χ0) is 12.8. The van der Waals surface area contributed by atoms with Crippen LogP contribution in [0.25, 0.3) is 0 Å². The van der Waals surface area contributed by atoms with E-state index < -0.39 is 0 Å². The van der Waals surface area contributed by atoms with Crippen LogP contribution in [0.4, 0.5) is 0 Å². The molecule has 2 atom stereocenters. The first kappa shape index (κ1) is 14.3. The van der Waals surface area contributed by atoms with Gasteiger partial charge in [-0.05, 0) is 24.8 Å². The fraction of sp³-hybridized carbons (Fsp3) is 1.00. The Balaban J connectivity index is 1.68. The predicted molar refractivity (Wildman–Crippen MR) is 78.9 cm³/mol. The van der Waals surface area contributed by atoms with E-state index in [9.17, 15) is 0 Å². The summed E-state index contributed by atoms with van der Waals surface area (Å²) in [7, 11) is 0. The van der Waals surface area contributed by atoms with Crippen LogP contribution in [0.3, 0.4) is 0 Å². The fourth-order valence-electron chi connectivity index (χ4n) is 3.55. The third-order valence-electron chi connectivity index (χ3n) is 5.20. The van der Waals surface area contributed by atoms with Gasteiger partial charge in [-0.15, -0.1) is 0 Å². The number of nitrogens with zero attached hydrogens (tertiary/aromatic N) is 1. The second-order valence-electron chi connectivity index (χ2n) is 6.54. The maximum atomic E-state index is 3.70. The van der Waals surface area contributed by atoms with Crippen molar-refractivity contribution in [1.82, 2.24) is 10.2 Å². The van der Waals surface area contributed by atoms with Gasteiger partial charge < -0.3 is 10.2 Å². The molecule has 18 heavy (non-hydrogen) atoms. The Morgan fingerprint density at radius 1 is 1.22 bits per heavy atom. The van der Waals surface area contributed by atoms with Crippen molar-refractivity contribution < 1.29 is 0 Å². The summed E-state index contributed by atoms with van der Waals surface area (Å²) in [4.78, 5) is 2.71. The minimum Gasteiger partial charge on any atom is -0.311 e. The van der Waals surface area contributed by atoms with Crippen LogP contribution in [0.15, 0.2) is 0 Å². The number of hydrogen-bond donors (Lipinski definition) is 1. The van der Waals surface area contributed by atoms with E-state index in [2.05, 4.69) is 24.1 Å². The lowest BCUT2D eigenvalue weighted by Gasteiger charge is -2.37. The van der Waals surface area contributed by atoms with Crippen LogP contribution in [0.2, 0.25) is 0 Å². The van der Waals surface area contributed by atoms with Gasteiger partial charge in [0, 0.05) is 25.7 Å². The first-order chi connectivity index (χ1) is 8.79. The molecule has 1 saturated heterocycles. The molecule has 2 aliphatic rings. The van der Waals surface area contributed by atoms with Gasteiger partial charge in [0.1, 0.15) is 0 Å². The zero-order valence-corrected chi connectivity index (χ0v) is 12.5. The van der Waals surface area contributed by atoms with Gasteiger partial charge in [-0.1, -0.05) is 52.4 Å². The molecule has 0 amide bonds. The molecule has 1 aliphatic heterocycles. The maximum absolute atomic E-state index is 3.70. The van der Waals surface area contributed by atoms with Crippen molar-refractivity contribution in [1.29, 1.82) is 0 Å². The minimum atomic E-state index is 0.732. The summed E-state index contributed by atoms with van der Waals surface area (Å²) in [6, 6.07) is 0.732. The molecular weight excluding hydrogens is 220 g/mol. The van der Waals surface area contributed by atoms with Crippen molar-refractivity contribution in [2.45, 2.75) is 64.8 Å². The minimum absolute atomic E-state index is 0.732. The Kier molecular flexibility index (Phi) is 5.97. The standard InChI is InChI=1S/C16H32N2/c1-3-14(2)16-13-18(12-10-17-16)11-9-15-7-5-4-6-8-15/h14-17H,3-13H2,1-2H3. The maximum Gasteiger partial charge on any atom is 0.0221 e. The normalized spacial score (nSPS) is 29.3. The van der Waals surface area contributed by atoms with E-state index in [1.807, 2.05) is 0 Å². The van der Waals surface area contributed by atoms with Crippen molar-refractivity contribution in [3.63, 3.8) is 0 Å². The molecular formula is C16H32N2. The predicted octanol–water partition coefficient (Wildman–Crippen LogP) is 3.28. The third-order valence-corrected chi connectivity index (χ3v) is 5.20. The fourth-order valence-corrected chi connectivity index (χ4v) is 3.55. The third kappa shape index (κ3) is 4.24.